The largest absolute Gasteiger partial charge is 0.486 e. The van der Waals surface area contributed by atoms with Crippen molar-refractivity contribution in [1.82, 2.24) is 0 Å². The Morgan fingerprint density at radius 1 is 1.22 bits per heavy atom. The quantitative estimate of drug-likeness (QED) is 0.739. The molecular weight excluding hydrogens is 271 g/mol. The van der Waals surface area contributed by atoms with Gasteiger partial charge in [-0.15, -0.1) is 11.6 Å². The number of ether oxygens (including phenoxy) is 2. The van der Waals surface area contributed by atoms with Crippen LogP contribution in [0.25, 0.3) is 0 Å². The Labute approximate surface area is 118 Å². The summed E-state index contributed by atoms with van der Waals surface area (Å²) in [6.07, 6.45) is 2.20. The minimum absolute atomic E-state index is 0.0896. The van der Waals surface area contributed by atoms with Crippen molar-refractivity contribution in [3.8, 4) is 11.5 Å². The summed E-state index contributed by atoms with van der Waals surface area (Å²) in [5, 5.41) is 0.565. The maximum Gasteiger partial charge on any atom is 0.162 e. The van der Waals surface area contributed by atoms with E-state index < -0.39 is 0 Å². The Balaban J connectivity index is 2.27. The van der Waals surface area contributed by atoms with Gasteiger partial charge >= 0.3 is 0 Å². The van der Waals surface area contributed by atoms with Gasteiger partial charge < -0.3 is 9.47 Å². The summed E-state index contributed by atoms with van der Waals surface area (Å²) in [5.41, 5.74) is 0.934. The SMILES string of the molecule is CCCC(C)C(Cl)c1cc2c(cc1Cl)OCCO2. The van der Waals surface area contributed by atoms with Crippen LogP contribution >= 0.6 is 23.2 Å². The fourth-order valence-corrected chi connectivity index (χ4v) is 2.83. The number of hydrogen-bond acceptors (Lipinski definition) is 2. The van der Waals surface area contributed by atoms with Gasteiger partial charge in [-0.05, 0) is 24.0 Å². The van der Waals surface area contributed by atoms with Crippen LogP contribution in [0.4, 0.5) is 0 Å². The van der Waals surface area contributed by atoms with Crippen LogP contribution in [0.2, 0.25) is 5.02 Å². The van der Waals surface area contributed by atoms with Gasteiger partial charge in [0.1, 0.15) is 13.2 Å². The Bertz CT molecular complexity index is 421. The standard InChI is InChI=1S/C14H18Cl2O2/c1-3-4-9(2)14(16)10-7-12-13(8-11(10)15)18-6-5-17-12/h7-9,14H,3-6H2,1-2H3. The van der Waals surface area contributed by atoms with E-state index >= 15 is 0 Å². The third kappa shape index (κ3) is 2.86. The topological polar surface area (TPSA) is 18.5 Å². The molecule has 4 heteroatoms. The summed E-state index contributed by atoms with van der Waals surface area (Å²) in [6, 6.07) is 3.72. The fraction of sp³-hybridized carbons (Fsp3) is 0.571. The van der Waals surface area contributed by atoms with E-state index in [1.807, 2.05) is 6.07 Å². The summed E-state index contributed by atoms with van der Waals surface area (Å²) in [6.45, 7) is 5.45. The average Bonchev–Trinajstić information content (AvgIpc) is 2.37. The lowest BCUT2D eigenvalue weighted by Gasteiger charge is -2.23. The number of alkyl halides is 1. The molecule has 100 valence electrons. The van der Waals surface area contributed by atoms with Crippen LogP contribution in [0.1, 0.15) is 37.6 Å². The summed E-state index contributed by atoms with van der Waals surface area (Å²) >= 11 is 12.8. The Morgan fingerprint density at radius 2 is 1.83 bits per heavy atom. The molecule has 2 atom stereocenters. The molecule has 1 aromatic carbocycles. The average molecular weight is 289 g/mol. The highest BCUT2D eigenvalue weighted by Crippen LogP contribution is 2.42. The first-order valence-corrected chi connectivity index (χ1v) is 7.18. The van der Waals surface area contributed by atoms with Crippen molar-refractivity contribution in [2.24, 2.45) is 5.92 Å². The zero-order valence-electron chi connectivity index (χ0n) is 10.7. The molecule has 0 aromatic heterocycles. The highest BCUT2D eigenvalue weighted by Gasteiger charge is 2.22. The van der Waals surface area contributed by atoms with Crippen molar-refractivity contribution in [2.45, 2.75) is 32.1 Å². The van der Waals surface area contributed by atoms with Crippen LogP contribution in [-0.2, 0) is 0 Å². The Morgan fingerprint density at radius 3 is 2.44 bits per heavy atom. The van der Waals surface area contributed by atoms with Crippen molar-refractivity contribution >= 4 is 23.2 Å². The summed E-state index contributed by atoms with van der Waals surface area (Å²) in [7, 11) is 0. The molecule has 0 radical (unpaired) electrons. The minimum Gasteiger partial charge on any atom is -0.486 e. The minimum atomic E-state index is -0.0896. The zero-order valence-corrected chi connectivity index (χ0v) is 12.2. The smallest absolute Gasteiger partial charge is 0.162 e. The molecule has 1 aliphatic heterocycles. The molecule has 2 unspecified atom stereocenters. The number of benzene rings is 1. The van der Waals surface area contributed by atoms with Crippen LogP contribution in [0, 0.1) is 5.92 Å². The van der Waals surface area contributed by atoms with Crippen molar-refractivity contribution in [3.05, 3.63) is 22.7 Å². The molecule has 1 aromatic rings. The van der Waals surface area contributed by atoms with Crippen molar-refractivity contribution in [2.75, 3.05) is 13.2 Å². The second-order valence-electron chi connectivity index (χ2n) is 4.69. The molecule has 1 heterocycles. The molecular formula is C14H18Cl2O2. The van der Waals surface area contributed by atoms with Crippen molar-refractivity contribution in [1.29, 1.82) is 0 Å². The fourth-order valence-electron chi connectivity index (χ4n) is 2.20. The second kappa shape index (κ2) is 6.03. The van der Waals surface area contributed by atoms with Crippen LogP contribution < -0.4 is 9.47 Å². The summed E-state index contributed by atoms with van der Waals surface area (Å²) in [4.78, 5) is 0. The van der Waals surface area contributed by atoms with Gasteiger partial charge in [-0.25, -0.2) is 0 Å². The first kappa shape index (κ1) is 13.8. The van der Waals surface area contributed by atoms with E-state index in [1.54, 1.807) is 6.07 Å². The monoisotopic (exact) mass is 288 g/mol. The van der Waals surface area contributed by atoms with Crippen molar-refractivity contribution < 1.29 is 9.47 Å². The second-order valence-corrected chi connectivity index (χ2v) is 5.56. The van der Waals surface area contributed by atoms with Gasteiger partial charge in [0, 0.05) is 11.1 Å². The van der Waals surface area contributed by atoms with E-state index in [0.29, 0.717) is 29.9 Å². The lowest BCUT2D eigenvalue weighted by molar-refractivity contribution is 0.171. The molecule has 1 aliphatic rings. The molecule has 0 saturated carbocycles. The van der Waals surface area contributed by atoms with Gasteiger partial charge in [0.2, 0.25) is 0 Å². The van der Waals surface area contributed by atoms with Gasteiger partial charge in [-0.1, -0.05) is 31.9 Å². The predicted octanol–water partition coefficient (Wildman–Crippen LogP) is 4.83. The predicted molar refractivity (Wildman–Crippen MR) is 75.1 cm³/mol. The molecule has 0 fully saturated rings. The number of hydrogen-bond donors (Lipinski definition) is 0. The third-order valence-corrected chi connectivity index (χ3v) is 4.19. The van der Waals surface area contributed by atoms with Crippen LogP contribution in [0.15, 0.2) is 12.1 Å². The molecule has 0 saturated heterocycles. The number of halogens is 2. The molecule has 2 rings (SSSR count). The van der Waals surface area contributed by atoms with E-state index in [9.17, 15) is 0 Å². The van der Waals surface area contributed by atoms with Crippen molar-refractivity contribution in [3.63, 3.8) is 0 Å². The van der Waals surface area contributed by atoms with E-state index in [4.69, 9.17) is 32.7 Å². The third-order valence-electron chi connectivity index (χ3n) is 3.20. The van der Waals surface area contributed by atoms with Gasteiger partial charge in [0.15, 0.2) is 11.5 Å². The first-order chi connectivity index (χ1) is 8.63. The molecule has 0 bridgehead atoms. The molecule has 0 amide bonds. The summed E-state index contributed by atoms with van der Waals surface area (Å²) < 4.78 is 11.1. The number of rotatable bonds is 4. The Hall–Kier alpha value is -0.600. The Kier molecular flexibility index (Phi) is 4.63. The molecule has 2 nitrogen and oxygen atoms in total. The van der Waals surface area contributed by atoms with Gasteiger partial charge in [-0.2, -0.15) is 0 Å². The molecule has 18 heavy (non-hydrogen) atoms. The van der Waals surface area contributed by atoms with Gasteiger partial charge in [0.25, 0.3) is 0 Å². The maximum absolute atomic E-state index is 6.50. The normalized spacial score (nSPS) is 17.3. The molecule has 0 N–H and O–H groups in total. The van der Waals surface area contributed by atoms with E-state index in [-0.39, 0.29) is 5.38 Å². The van der Waals surface area contributed by atoms with Gasteiger partial charge in [-0.3, -0.25) is 0 Å². The molecule has 0 spiro atoms. The van der Waals surface area contributed by atoms with E-state index in [0.717, 1.165) is 24.2 Å². The van der Waals surface area contributed by atoms with E-state index in [1.165, 1.54) is 0 Å². The lowest BCUT2D eigenvalue weighted by Crippen LogP contribution is -2.16. The highest BCUT2D eigenvalue weighted by molar-refractivity contribution is 6.33. The van der Waals surface area contributed by atoms with Crippen LogP contribution in [0.3, 0.4) is 0 Å². The van der Waals surface area contributed by atoms with Crippen LogP contribution in [0.5, 0.6) is 11.5 Å². The first-order valence-electron chi connectivity index (χ1n) is 6.36. The highest BCUT2D eigenvalue weighted by atomic mass is 35.5. The van der Waals surface area contributed by atoms with Gasteiger partial charge in [0.05, 0.1) is 5.38 Å². The maximum atomic E-state index is 6.50. The lowest BCUT2D eigenvalue weighted by atomic mass is 9.96. The molecule has 0 aliphatic carbocycles. The number of fused-ring (bicyclic) bond motifs is 1. The summed E-state index contributed by atoms with van der Waals surface area (Å²) in [5.74, 6) is 1.84. The zero-order chi connectivity index (χ0) is 13.1. The van der Waals surface area contributed by atoms with E-state index in [2.05, 4.69) is 13.8 Å². The van der Waals surface area contributed by atoms with Crippen LogP contribution in [-0.4, -0.2) is 13.2 Å².